The molecule has 1 amide bonds. The van der Waals surface area contributed by atoms with Crippen molar-refractivity contribution in [3.63, 3.8) is 0 Å². The third kappa shape index (κ3) is 9.07. The number of carbonyl (C=O) groups excluding carboxylic acids is 1. The first-order valence-electron chi connectivity index (χ1n) is 10.6. The Morgan fingerprint density at radius 3 is 2.63 bits per heavy atom. The normalized spacial score (nSPS) is 16.1. The van der Waals surface area contributed by atoms with Crippen LogP contribution in [0.2, 0.25) is 0 Å². The number of guanidine groups is 1. The number of ether oxygens (including phenoxy) is 1. The van der Waals surface area contributed by atoms with Crippen molar-refractivity contribution < 1.29 is 14.6 Å². The van der Waals surface area contributed by atoms with Gasteiger partial charge in [0, 0.05) is 31.6 Å². The summed E-state index contributed by atoms with van der Waals surface area (Å²) in [5.41, 5.74) is 1.12. The predicted molar refractivity (Wildman–Crippen MR) is 132 cm³/mol. The lowest BCUT2D eigenvalue weighted by Crippen LogP contribution is -2.50. The van der Waals surface area contributed by atoms with Gasteiger partial charge in [0.2, 0.25) is 5.91 Å². The van der Waals surface area contributed by atoms with Crippen LogP contribution in [-0.2, 0) is 4.79 Å². The molecular formula is C22H37IN4O3. The van der Waals surface area contributed by atoms with Gasteiger partial charge in [-0.05, 0) is 44.4 Å². The summed E-state index contributed by atoms with van der Waals surface area (Å²) in [7, 11) is 0. The average molecular weight is 532 g/mol. The summed E-state index contributed by atoms with van der Waals surface area (Å²) >= 11 is 0. The maximum atomic E-state index is 12.1. The molecule has 1 aromatic carbocycles. The third-order valence-corrected chi connectivity index (χ3v) is 4.88. The van der Waals surface area contributed by atoms with E-state index in [1.54, 1.807) is 0 Å². The van der Waals surface area contributed by atoms with E-state index in [0.717, 1.165) is 43.8 Å². The number of hydrogen-bond donors (Lipinski definition) is 3. The first kappa shape index (κ1) is 26.5. The Hall–Kier alpha value is -1.55. The molecule has 1 aliphatic heterocycles. The largest absolute Gasteiger partial charge is 0.491 e. The first-order chi connectivity index (χ1) is 13.9. The number of amides is 1. The summed E-state index contributed by atoms with van der Waals surface area (Å²) in [4.78, 5) is 18.6. The topological polar surface area (TPSA) is 86.2 Å². The van der Waals surface area contributed by atoms with Crippen LogP contribution in [0.25, 0.3) is 0 Å². The van der Waals surface area contributed by atoms with Crippen molar-refractivity contribution in [3.8, 4) is 5.75 Å². The van der Waals surface area contributed by atoms with E-state index >= 15 is 0 Å². The lowest BCUT2D eigenvalue weighted by molar-refractivity contribution is -0.135. The van der Waals surface area contributed by atoms with Crippen molar-refractivity contribution in [2.45, 2.75) is 52.7 Å². The zero-order valence-electron chi connectivity index (χ0n) is 18.6. The molecule has 0 bridgehead atoms. The molecule has 1 fully saturated rings. The molecule has 0 radical (unpaired) electrons. The zero-order valence-corrected chi connectivity index (χ0v) is 20.9. The molecule has 170 valence electrons. The highest BCUT2D eigenvalue weighted by Gasteiger charge is 2.24. The Kier molecular flexibility index (Phi) is 12.1. The number of halogens is 1. The van der Waals surface area contributed by atoms with Crippen LogP contribution in [0.5, 0.6) is 5.75 Å². The third-order valence-electron chi connectivity index (χ3n) is 4.88. The van der Waals surface area contributed by atoms with E-state index in [-0.39, 0.29) is 55.0 Å². The number of benzene rings is 1. The van der Waals surface area contributed by atoms with Crippen LogP contribution in [0, 0.1) is 12.8 Å². The quantitative estimate of drug-likeness (QED) is 0.272. The van der Waals surface area contributed by atoms with Crippen molar-refractivity contribution in [3.05, 3.63) is 29.8 Å². The van der Waals surface area contributed by atoms with Crippen molar-refractivity contribution >= 4 is 35.8 Å². The van der Waals surface area contributed by atoms with E-state index in [9.17, 15) is 9.90 Å². The minimum absolute atomic E-state index is 0. The van der Waals surface area contributed by atoms with Crippen LogP contribution < -0.4 is 15.4 Å². The minimum atomic E-state index is -0.684. The number of aliphatic hydroxyl groups is 1. The second kappa shape index (κ2) is 13.7. The summed E-state index contributed by atoms with van der Waals surface area (Å²) < 4.78 is 5.65. The van der Waals surface area contributed by atoms with Crippen molar-refractivity contribution in [2.24, 2.45) is 10.9 Å². The summed E-state index contributed by atoms with van der Waals surface area (Å²) in [6.07, 6.45) is 1.10. The standard InChI is InChI=1S/C22H36N4O3.HI/c1-5-23-22(25-18-9-11-26(12-10-18)21(28)16(2)3)24-14-19(27)15-29-20-8-6-7-17(4)13-20;/h6-8,13,16,18-19,27H,5,9-12,14-15H2,1-4H3,(H2,23,24,25);1H. The van der Waals surface area contributed by atoms with Crippen molar-refractivity contribution in [1.29, 1.82) is 0 Å². The molecule has 0 saturated carbocycles. The Balaban J connectivity index is 0.00000450. The van der Waals surface area contributed by atoms with Crippen LogP contribution in [-0.4, -0.2) is 66.8 Å². The molecule has 1 aliphatic rings. The molecule has 7 nitrogen and oxygen atoms in total. The van der Waals surface area contributed by atoms with Gasteiger partial charge in [-0.25, -0.2) is 0 Å². The molecule has 1 saturated heterocycles. The number of carbonyl (C=O) groups is 1. The van der Waals surface area contributed by atoms with Gasteiger partial charge in [0.1, 0.15) is 18.5 Å². The molecule has 3 N–H and O–H groups in total. The Morgan fingerprint density at radius 1 is 1.33 bits per heavy atom. The van der Waals surface area contributed by atoms with Crippen LogP contribution in [0.3, 0.4) is 0 Å². The second-order valence-corrected chi connectivity index (χ2v) is 7.90. The smallest absolute Gasteiger partial charge is 0.225 e. The summed E-state index contributed by atoms with van der Waals surface area (Å²) in [5, 5.41) is 16.9. The number of piperidine rings is 1. The highest BCUT2D eigenvalue weighted by molar-refractivity contribution is 14.0. The van der Waals surface area contributed by atoms with E-state index in [1.165, 1.54) is 0 Å². The molecule has 2 rings (SSSR count). The molecule has 30 heavy (non-hydrogen) atoms. The highest BCUT2D eigenvalue weighted by atomic mass is 127. The van der Waals surface area contributed by atoms with Gasteiger partial charge in [-0.15, -0.1) is 24.0 Å². The Labute approximate surface area is 197 Å². The molecule has 1 unspecified atom stereocenters. The van der Waals surface area contributed by atoms with Crippen LogP contribution in [0.1, 0.15) is 39.2 Å². The Bertz CT molecular complexity index is 676. The average Bonchev–Trinajstić information content (AvgIpc) is 2.70. The molecule has 8 heteroatoms. The summed E-state index contributed by atoms with van der Waals surface area (Å²) in [6.45, 7) is 10.6. The van der Waals surface area contributed by atoms with Gasteiger partial charge in [0.05, 0.1) is 6.54 Å². The lowest BCUT2D eigenvalue weighted by atomic mass is 10.0. The van der Waals surface area contributed by atoms with E-state index in [1.807, 2.05) is 56.9 Å². The van der Waals surface area contributed by atoms with Crippen LogP contribution in [0.4, 0.5) is 0 Å². The summed E-state index contributed by atoms with van der Waals surface area (Å²) in [6, 6.07) is 8.03. The van der Waals surface area contributed by atoms with E-state index in [0.29, 0.717) is 5.96 Å². The van der Waals surface area contributed by atoms with E-state index in [4.69, 9.17) is 4.74 Å². The maximum absolute atomic E-state index is 12.1. The fourth-order valence-electron chi connectivity index (χ4n) is 3.27. The predicted octanol–water partition coefficient (Wildman–Crippen LogP) is 2.55. The monoisotopic (exact) mass is 532 g/mol. The first-order valence-corrected chi connectivity index (χ1v) is 10.6. The molecule has 1 aromatic rings. The number of aliphatic hydroxyl groups excluding tert-OH is 1. The van der Waals surface area contributed by atoms with Gasteiger partial charge in [-0.3, -0.25) is 9.79 Å². The molecular weight excluding hydrogens is 495 g/mol. The second-order valence-electron chi connectivity index (χ2n) is 7.90. The molecule has 0 spiro atoms. The molecule has 0 aliphatic carbocycles. The van der Waals surface area contributed by atoms with Gasteiger partial charge in [-0.1, -0.05) is 26.0 Å². The van der Waals surface area contributed by atoms with Gasteiger partial charge in [0.15, 0.2) is 5.96 Å². The number of hydrogen-bond acceptors (Lipinski definition) is 4. The number of likely N-dealkylation sites (tertiary alicyclic amines) is 1. The molecule has 0 aromatic heterocycles. The van der Waals surface area contributed by atoms with Crippen LogP contribution in [0.15, 0.2) is 29.3 Å². The fourth-order valence-corrected chi connectivity index (χ4v) is 3.27. The zero-order chi connectivity index (χ0) is 21.2. The number of nitrogens with zero attached hydrogens (tertiary/aromatic N) is 2. The Morgan fingerprint density at radius 2 is 2.03 bits per heavy atom. The maximum Gasteiger partial charge on any atom is 0.225 e. The van der Waals surface area contributed by atoms with E-state index in [2.05, 4.69) is 15.6 Å². The van der Waals surface area contributed by atoms with Crippen molar-refractivity contribution in [1.82, 2.24) is 15.5 Å². The lowest BCUT2D eigenvalue weighted by Gasteiger charge is -2.34. The fraction of sp³-hybridized carbons (Fsp3) is 0.636. The molecule has 1 heterocycles. The summed E-state index contributed by atoms with van der Waals surface area (Å²) in [5.74, 6) is 1.71. The van der Waals surface area contributed by atoms with Crippen molar-refractivity contribution in [2.75, 3.05) is 32.8 Å². The van der Waals surface area contributed by atoms with E-state index < -0.39 is 6.10 Å². The number of aryl methyl sites for hydroxylation is 1. The SMILES string of the molecule is CCNC(=NCC(O)COc1cccc(C)c1)NC1CCN(C(=O)C(C)C)CC1.I. The number of nitrogens with one attached hydrogen (secondary N) is 2. The number of rotatable bonds is 8. The molecule has 1 atom stereocenters. The van der Waals surface area contributed by atoms with Gasteiger partial charge < -0.3 is 25.4 Å². The van der Waals surface area contributed by atoms with Gasteiger partial charge in [-0.2, -0.15) is 0 Å². The van der Waals surface area contributed by atoms with Gasteiger partial charge in [0.25, 0.3) is 0 Å². The highest BCUT2D eigenvalue weighted by Crippen LogP contribution is 2.14. The minimum Gasteiger partial charge on any atom is -0.491 e. The number of aliphatic imine (C=N–C) groups is 1. The van der Waals surface area contributed by atoms with Crippen LogP contribution >= 0.6 is 24.0 Å². The van der Waals surface area contributed by atoms with Gasteiger partial charge >= 0.3 is 0 Å².